The number of anilines is 1. The molecule has 0 unspecified atom stereocenters. The normalized spacial score (nSPS) is 13.5. The number of amides is 3. The van der Waals surface area contributed by atoms with Crippen LogP contribution in [0.5, 0.6) is 0 Å². The van der Waals surface area contributed by atoms with Crippen LogP contribution < -0.4 is 5.32 Å². The van der Waals surface area contributed by atoms with Gasteiger partial charge in [-0.25, -0.2) is 4.79 Å². The summed E-state index contributed by atoms with van der Waals surface area (Å²) in [6.45, 7) is 3.49. The Labute approximate surface area is 203 Å². The number of ether oxygens (including phenoxy) is 1. The second kappa shape index (κ2) is 10.3. The first kappa shape index (κ1) is 23.9. The van der Waals surface area contributed by atoms with Gasteiger partial charge < -0.3 is 10.1 Å². The van der Waals surface area contributed by atoms with E-state index in [1.165, 1.54) is 0 Å². The second-order valence-electron chi connectivity index (χ2n) is 8.63. The minimum absolute atomic E-state index is 0.0724. The van der Waals surface area contributed by atoms with Gasteiger partial charge in [0.25, 0.3) is 17.7 Å². The topological polar surface area (TPSA) is 92.8 Å². The molecule has 1 atom stereocenters. The lowest BCUT2D eigenvalue weighted by atomic mass is 10.0. The van der Waals surface area contributed by atoms with Crippen LogP contribution in [0.4, 0.5) is 5.69 Å². The Morgan fingerprint density at radius 3 is 2.03 bits per heavy atom. The average Bonchev–Trinajstić information content (AvgIpc) is 3.12. The molecule has 35 heavy (non-hydrogen) atoms. The number of carbonyl (C=O) groups excluding carboxylic acids is 4. The summed E-state index contributed by atoms with van der Waals surface area (Å²) in [5.41, 5.74) is 2.84. The van der Waals surface area contributed by atoms with Crippen LogP contribution in [0.15, 0.2) is 78.9 Å². The molecule has 1 aliphatic heterocycles. The van der Waals surface area contributed by atoms with Gasteiger partial charge in [-0.05, 0) is 35.2 Å². The molecule has 4 rings (SSSR count). The molecule has 3 amide bonds. The number of hydrogen-bond donors (Lipinski definition) is 1. The first-order valence-corrected chi connectivity index (χ1v) is 11.4. The molecule has 0 saturated heterocycles. The van der Waals surface area contributed by atoms with Crippen molar-refractivity contribution in [2.75, 3.05) is 11.9 Å². The predicted molar refractivity (Wildman–Crippen MR) is 131 cm³/mol. The second-order valence-corrected chi connectivity index (χ2v) is 8.63. The summed E-state index contributed by atoms with van der Waals surface area (Å²) in [6.07, 6.45) is 0.0724. The lowest BCUT2D eigenvalue weighted by molar-refractivity contribution is -0.151. The number of nitrogens with one attached hydrogen (secondary N) is 1. The maximum Gasteiger partial charge on any atom is 0.330 e. The van der Waals surface area contributed by atoms with Gasteiger partial charge in [0.1, 0.15) is 6.04 Å². The molecule has 1 aliphatic rings. The number of para-hydroxylation sites is 1. The van der Waals surface area contributed by atoms with E-state index in [1.54, 1.807) is 54.6 Å². The van der Waals surface area contributed by atoms with Gasteiger partial charge in [-0.1, -0.05) is 74.5 Å². The van der Waals surface area contributed by atoms with E-state index in [9.17, 15) is 19.2 Å². The van der Waals surface area contributed by atoms with Crippen molar-refractivity contribution < 1.29 is 23.9 Å². The molecule has 0 bridgehead atoms. The van der Waals surface area contributed by atoms with Crippen LogP contribution in [-0.2, 0) is 20.7 Å². The Hall–Kier alpha value is -4.26. The summed E-state index contributed by atoms with van der Waals surface area (Å²) in [6, 6.07) is 21.7. The van der Waals surface area contributed by atoms with E-state index < -0.39 is 36.3 Å². The monoisotopic (exact) mass is 470 g/mol. The zero-order valence-electron chi connectivity index (χ0n) is 19.6. The number of carbonyl (C=O) groups is 4. The van der Waals surface area contributed by atoms with E-state index in [-0.39, 0.29) is 23.5 Å². The van der Waals surface area contributed by atoms with E-state index >= 15 is 0 Å². The summed E-state index contributed by atoms with van der Waals surface area (Å²) in [5.74, 6) is -2.25. The molecule has 0 spiro atoms. The quantitative estimate of drug-likeness (QED) is 0.394. The molecule has 0 fully saturated rings. The van der Waals surface area contributed by atoms with Gasteiger partial charge in [0.15, 0.2) is 6.61 Å². The average molecular weight is 471 g/mol. The standard InChI is InChI=1S/C28H26N2O5/c1-18(2)20-12-8-9-15-23(20)29-25(31)17-35-28(34)24(16-19-10-4-3-5-11-19)30-26(32)21-13-6-7-14-22(21)27(30)33/h3-15,18,24H,16-17H2,1-2H3,(H,29,31)/t24-/m1/s1. The highest BCUT2D eigenvalue weighted by Gasteiger charge is 2.43. The molecule has 0 aliphatic carbocycles. The lowest BCUT2D eigenvalue weighted by Crippen LogP contribution is -2.47. The van der Waals surface area contributed by atoms with Crippen molar-refractivity contribution in [3.05, 3.63) is 101 Å². The van der Waals surface area contributed by atoms with Crippen LogP contribution >= 0.6 is 0 Å². The van der Waals surface area contributed by atoms with E-state index in [1.807, 2.05) is 38.1 Å². The summed E-state index contributed by atoms with van der Waals surface area (Å²) in [4.78, 5) is 52.7. The summed E-state index contributed by atoms with van der Waals surface area (Å²) >= 11 is 0. The van der Waals surface area contributed by atoms with Crippen LogP contribution in [0.3, 0.4) is 0 Å². The fourth-order valence-electron chi connectivity index (χ4n) is 4.14. The third-order valence-electron chi connectivity index (χ3n) is 5.88. The smallest absolute Gasteiger partial charge is 0.330 e. The molecule has 7 heteroatoms. The van der Waals surface area contributed by atoms with Gasteiger partial charge in [0, 0.05) is 12.1 Å². The number of fused-ring (bicyclic) bond motifs is 1. The summed E-state index contributed by atoms with van der Waals surface area (Å²) < 4.78 is 5.32. The van der Waals surface area contributed by atoms with Crippen molar-refractivity contribution in [1.29, 1.82) is 0 Å². The van der Waals surface area contributed by atoms with Gasteiger partial charge in [-0.3, -0.25) is 19.3 Å². The number of imide groups is 1. The molecule has 178 valence electrons. The van der Waals surface area contributed by atoms with Crippen LogP contribution in [-0.4, -0.2) is 41.2 Å². The molecule has 3 aromatic rings. The van der Waals surface area contributed by atoms with Crippen LogP contribution in [0.25, 0.3) is 0 Å². The Balaban J connectivity index is 1.51. The third kappa shape index (κ3) is 5.14. The van der Waals surface area contributed by atoms with Gasteiger partial charge in [-0.2, -0.15) is 0 Å². The number of nitrogens with zero attached hydrogens (tertiary/aromatic N) is 1. The zero-order valence-corrected chi connectivity index (χ0v) is 19.6. The lowest BCUT2D eigenvalue weighted by Gasteiger charge is -2.24. The van der Waals surface area contributed by atoms with Gasteiger partial charge in [0.05, 0.1) is 11.1 Å². The highest BCUT2D eigenvalue weighted by atomic mass is 16.5. The van der Waals surface area contributed by atoms with E-state index in [0.29, 0.717) is 5.69 Å². The molecule has 0 saturated carbocycles. The highest BCUT2D eigenvalue weighted by Crippen LogP contribution is 2.27. The fourth-order valence-corrected chi connectivity index (χ4v) is 4.14. The van der Waals surface area contributed by atoms with Gasteiger partial charge in [0.2, 0.25) is 0 Å². The van der Waals surface area contributed by atoms with Crippen molar-refractivity contribution >= 4 is 29.4 Å². The van der Waals surface area contributed by atoms with Crippen LogP contribution in [0, 0.1) is 0 Å². The van der Waals surface area contributed by atoms with Crippen LogP contribution in [0.1, 0.15) is 51.6 Å². The summed E-state index contributed by atoms with van der Waals surface area (Å²) in [5, 5.41) is 2.77. The minimum Gasteiger partial charge on any atom is -0.454 e. The molecule has 3 aromatic carbocycles. The Morgan fingerprint density at radius 1 is 0.829 bits per heavy atom. The molecule has 1 heterocycles. The number of rotatable bonds is 8. The fraction of sp³-hybridized carbons (Fsp3) is 0.214. The Bertz CT molecular complexity index is 1230. The van der Waals surface area contributed by atoms with E-state index in [2.05, 4.69) is 5.32 Å². The highest BCUT2D eigenvalue weighted by molar-refractivity contribution is 6.22. The molecule has 7 nitrogen and oxygen atoms in total. The van der Waals surface area contributed by atoms with Crippen molar-refractivity contribution in [1.82, 2.24) is 4.90 Å². The van der Waals surface area contributed by atoms with Crippen LogP contribution in [0.2, 0.25) is 0 Å². The first-order valence-electron chi connectivity index (χ1n) is 11.4. The molecule has 0 aromatic heterocycles. The third-order valence-corrected chi connectivity index (χ3v) is 5.88. The van der Waals surface area contributed by atoms with Crippen molar-refractivity contribution in [2.24, 2.45) is 0 Å². The predicted octanol–water partition coefficient (Wildman–Crippen LogP) is 4.20. The first-order chi connectivity index (χ1) is 16.9. The molecule has 0 radical (unpaired) electrons. The Morgan fingerprint density at radius 2 is 1.40 bits per heavy atom. The van der Waals surface area contributed by atoms with Crippen molar-refractivity contribution in [3.8, 4) is 0 Å². The maximum atomic E-state index is 13.2. The number of esters is 1. The Kier molecular flexibility index (Phi) is 7.06. The molecular formula is C28H26N2O5. The molecule has 1 N–H and O–H groups in total. The van der Waals surface area contributed by atoms with E-state index in [4.69, 9.17) is 4.74 Å². The molecular weight excluding hydrogens is 444 g/mol. The maximum absolute atomic E-state index is 13.2. The summed E-state index contributed by atoms with van der Waals surface area (Å²) in [7, 11) is 0. The number of hydrogen-bond acceptors (Lipinski definition) is 5. The van der Waals surface area contributed by atoms with Gasteiger partial charge in [-0.15, -0.1) is 0 Å². The largest absolute Gasteiger partial charge is 0.454 e. The van der Waals surface area contributed by atoms with Crippen molar-refractivity contribution in [2.45, 2.75) is 32.2 Å². The minimum atomic E-state index is -1.21. The zero-order chi connectivity index (χ0) is 24.9. The number of benzene rings is 3. The van der Waals surface area contributed by atoms with Crippen molar-refractivity contribution in [3.63, 3.8) is 0 Å². The SMILES string of the molecule is CC(C)c1ccccc1NC(=O)COC(=O)[C@@H](Cc1ccccc1)N1C(=O)c2ccccc2C1=O. The van der Waals surface area contributed by atoms with Gasteiger partial charge >= 0.3 is 5.97 Å². The van der Waals surface area contributed by atoms with E-state index in [0.717, 1.165) is 16.0 Å².